The highest BCUT2D eigenvalue weighted by atomic mass is 32.1. The lowest BCUT2D eigenvalue weighted by atomic mass is 9.96. The van der Waals surface area contributed by atoms with Gasteiger partial charge in [-0.3, -0.25) is 14.5 Å². The Bertz CT molecular complexity index is 1430. The molecular weight excluding hydrogens is 488 g/mol. The Balaban J connectivity index is 1.60. The molecule has 0 spiro atoms. The van der Waals surface area contributed by atoms with Crippen LogP contribution in [0.5, 0.6) is 0 Å². The summed E-state index contributed by atoms with van der Waals surface area (Å²) >= 11 is 5.89. The van der Waals surface area contributed by atoms with Crippen molar-refractivity contribution in [3.8, 4) is 0 Å². The third-order valence-electron chi connectivity index (χ3n) is 6.53. The largest absolute Gasteiger partial charge is 0.375 e. The van der Waals surface area contributed by atoms with Gasteiger partial charge in [0.1, 0.15) is 19.3 Å². The zero-order valence-electron chi connectivity index (χ0n) is 21.0. The first-order valence-electron chi connectivity index (χ1n) is 11.8. The van der Waals surface area contributed by atoms with Gasteiger partial charge in [-0.25, -0.2) is 4.68 Å². The summed E-state index contributed by atoms with van der Waals surface area (Å²) in [7, 11) is 1.50. The number of ether oxygens (including phenoxy) is 1. The summed E-state index contributed by atoms with van der Waals surface area (Å²) in [5.41, 5.74) is 6.64. The topological polar surface area (TPSA) is 102 Å². The second-order valence-corrected chi connectivity index (χ2v) is 9.34. The molecule has 11 heteroatoms. The predicted octanol–water partition coefficient (Wildman–Crippen LogP) is 3.47. The minimum atomic E-state index is -0.203. The molecule has 3 aromatic heterocycles. The molecule has 0 aliphatic carbocycles. The van der Waals surface area contributed by atoms with E-state index in [1.165, 1.54) is 7.11 Å². The number of anilines is 2. The first kappa shape index (κ1) is 24.6. The van der Waals surface area contributed by atoms with Crippen LogP contribution < -0.4 is 15.5 Å². The number of nitrogens with zero attached hydrogens (tertiary/aromatic N) is 6. The number of aryl methyl sites for hydroxylation is 2. The molecule has 2 N–H and O–H groups in total. The summed E-state index contributed by atoms with van der Waals surface area (Å²) in [6, 6.07) is 13.6. The van der Waals surface area contributed by atoms with Gasteiger partial charge in [-0.05, 0) is 75.0 Å². The zero-order chi connectivity index (χ0) is 26.1. The van der Waals surface area contributed by atoms with Crippen LogP contribution in [0.25, 0.3) is 0 Å². The number of benzene rings is 1. The van der Waals surface area contributed by atoms with Crippen molar-refractivity contribution >= 4 is 34.6 Å². The molecular formula is C26H28N8O2S. The summed E-state index contributed by atoms with van der Waals surface area (Å²) in [5.74, 6) is -0.203. The van der Waals surface area contributed by atoms with E-state index in [0.29, 0.717) is 5.11 Å². The Labute approximate surface area is 220 Å². The number of methoxy groups -OCH3 is 1. The lowest BCUT2D eigenvalue weighted by Crippen LogP contribution is -2.29. The van der Waals surface area contributed by atoms with E-state index < -0.39 is 0 Å². The minimum absolute atomic E-state index is 0.00277. The second-order valence-electron chi connectivity index (χ2n) is 8.96. The first-order valence-corrected chi connectivity index (χ1v) is 12.2. The number of aromatic nitrogens is 5. The predicted molar refractivity (Wildman–Crippen MR) is 144 cm³/mol. The Morgan fingerprint density at radius 2 is 1.92 bits per heavy atom. The van der Waals surface area contributed by atoms with Crippen molar-refractivity contribution in [3.05, 3.63) is 89.5 Å². The van der Waals surface area contributed by atoms with Crippen molar-refractivity contribution < 1.29 is 9.53 Å². The van der Waals surface area contributed by atoms with E-state index in [9.17, 15) is 4.79 Å². The summed E-state index contributed by atoms with van der Waals surface area (Å²) in [6.07, 6.45) is 5.15. The van der Waals surface area contributed by atoms with Gasteiger partial charge in [0.25, 0.3) is 0 Å². The molecule has 4 aromatic rings. The van der Waals surface area contributed by atoms with E-state index in [2.05, 4.69) is 55.3 Å². The molecule has 10 nitrogen and oxygen atoms in total. The number of amides is 1. The smallest absolute Gasteiger partial charge is 0.250 e. The van der Waals surface area contributed by atoms with Crippen molar-refractivity contribution in [1.29, 1.82) is 0 Å². The van der Waals surface area contributed by atoms with Crippen LogP contribution in [0, 0.1) is 20.8 Å². The number of pyridine rings is 1. The van der Waals surface area contributed by atoms with Crippen molar-refractivity contribution in [3.63, 3.8) is 0 Å². The van der Waals surface area contributed by atoms with E-state index in [4.69, 9.17) is 17.0 Å². The highest BCUT2D eigenvalue weighted by Gasteiger charge is 2.42. The van der Waals surface area contributed by atoms with Gasteiger partial charge in [0.05, 0.1) is 17.8 Å². The van der Waals surface area contributed by atoms with E-state index in [-0.39, 0.29) is 24.6 Å². The average Bonchev–Trinajstić information content (AvgIpc) is 3.59. The molecule has 0 saturated carbocycles. The maximum Gasteiger partial charge on any atom is 0.250 e. The number of thiocarbonyl (C=S) groups is 1. The Kier molecular flexibility index (Phi) is 6.72. The Morgan fingerprint density at radius 3 is 2.59 bits per heavy atom. The van der Waals surface area contributed by atoms with Crippen molar-refractivity contribution in [2.75, 3.05) is 23.9 Å². The van der Waals surface area contributed by atoms with E-state index >= 15 is 0 Å². The Morgan fingerprint density at radius 1 is 1.14 bits per heavy atom. The molecule has 5 rings (SSSR count). The van der Waals surface area contributed by atoms with Crippen LogP contribution >= 0.6 is 12.2 Å². The molecule has 1 aromatic carbocycles. The summed E-state index contributed by atoms with van der Waals surface area (Å²) in [5, 5.41) is 15.0. The second kappa shape index (κ2) is 10.1. The Hall–Kier alpha value is -4.09. The van der Waals surface area contributed by atoms with Gasteiger partial charge in [0.15, 0.2) is 5.11 Å². The average molecular weight is 517 g/mol. The van der Waals surface area contributed by atoms with Crippen LogP contribution in [-0.4, -0.2) is 49.3 Å². The lowest BCUT2D eigenvalue weighted by Gasteiger charge is -2.28. The fourth-order valence-electron chi connectivity index (χ4n) is 4.94. The first-order chi connectivity index (χ1) is 17.9. The normalized spacial score (nSPS) is 17.2. The van der Waals surface area contributed by atoms with Crippen LogP contribution in [0.4, 0.5) is 11.4 Å². The maximum absolute atomic E-state index is 12.1. The standard InChI is InChI=1S/C26H28N8O2S/c1-16-11-19(8-9-21(16)30-23(35)13-36-4)33-25(24(31-26(33)37)22-7-5-6-10-27-22)20-12-17(2)34(18(20)3)32-14-28-29-15-32/h5-12,14-15,24-25H,13H2,1-4H3,(H,30,35)(H,31,37)/t24-,25+/m0/s1. The molecule has 37 heavy (non-hydrogen) atoms. The molecule has 1 amide bonds. The SMILES string of the molecule is COCC(=O)Nc1ccc(N2C(=S)N[C@@H](c3ccccn3)[C@H]2c2cc(C)n(-n3cnnc3)c2C)cc1C. The summed E-state index contributed by atoms with van der Waals surface area (Å²) < 4.78 is 8.87. The van der Waals surface area contributed by atoms with Gasteiger partial charge in [0.2, 0.25) is 5.91 Å². The number of hydrogen-bond acceptors (Lipinski definition) is 6. The van der Waals surface area contributed by atoms with Gasteiger partial charge in [-0.2, -0.15) is 0 Å². The van der Waals surface area contributed by atoms with Crippen LogP contribution in [0.2, 0.25) is 0 Å². The molecule has 4 heterocycles. The highest BCUT2D eigenvalue weighted by molar-refractivity contribution is 7.80. The number of carbonyl (C=O) groups excluding carboxylic acids is 1. The minimum Gasteiger partial charge on any atom is -0.375 e. The molecule has 2 atom stereocenters. The lowest BCUT2D eigenvalue weighted by molar-refractivity contribution is -0.119. The molecule has 1 fully saturated rings. The van der Waals surface area contributed by atoms with Crippen LogP contribution in [0.15, 0.2) is 61.3 Å². The van der Waals surface area contributed by atoms with Gasteiger partial charge in [-0.1, -0.05) is 6.07 Å². The quantitative estimate of drug-likeness (QED) is 0.360. The maximum atomic E-state index is 12.1. The van der Waals surface area contributed by atoms with Gasteiger partial charge < -0.3 is 20.3 Å². The summed E-state index contributed by atoms with van der Waals surface area (Å²) in [6.45, 7) is 6.09. The van der Waals surface area contributed by atoms with Crippen LogP contribution in [0.1, 0.15) is 40.3 Å². The van der Waals surface area contributed by atoms with Gasteiger partial charge in [0, 0.05) is 41.6 Å². The highest BCUT2D eigenvalue weighted by Crippen LogP contribution is 2.43. The van der Waals surface area contributed by atoms with Crippen LogP contribution in [0.3, 0.4) is 0 Å². The van der Waals surface area contributed by atoms with E-state index in [1.807, 2.05) is 48.0 Å². The van der Waals surface area contributed by atoms with Crippen molar-refractivity contribution in [2.45, 2.75) is 32.9 Å². The summed E-state index contributed by atoms with van der Waals surface area (Å²) in [4.78, 5) is 18.8. The number of nitrogens with one attached hydrogen (secondary N) is 2. The molecule has 1 aliphatic heterocycles. The third-order valence-corrected chi connectivity index (χ3v) is 6.84. The fraction of sp³-hybridized carbons (Fsp3) is 0.269. The number of rotatable bonds is 7. The van der Waals surface area contributed by atoms with E-state index in [0.717, 1.165) is 39.6 Å². The number of hydrogen-bond donors (Lipinski definition) is 2. The van der Waals surface area contributed by atoms with Crippen molar-refractivity contribution in [2.24, 2.45) is 0 Å². The molecule has 0 radical (unpaired) electrons. The molecule has 1 aliphatic rings. The molecule has 0 unspecified atom stereocenters. The van der Waals surface area contributed by atoms with Gasteiger partial charge >= 0.3 is 0 Å². The number of carbonyl (C=O) groups is 1. The zero-order valence-corrected chi connectivity index (χ0v) is 21.9. The van der Waals surface area contributed by atoms with Gasteiger partial charge in [-0.15, -0.1) is 10.2 Å². The molecule has 1 saturated heterocycles. The molecule has 190 valence electrons. The monoisotopic (exact) mass is 516 g/mol. The third kappa shape index (κ3) is 4.58. The van der Waals surface area contributed by atoms with Crippen LogP contribution in [-0.2, 0) is 9.53 Å². The fourth-order valence-corrected chi connectivity index (χ4v) is 5.28. The molecule has 0 bridgehead atoms. The van der Waals surface area contributed by atoms with Crippen molar-refractivity contribution in [1.82, 2.24) is 29.9 Å². The van der Waals surface area contributed by atoms with E-state index in [1.54, 1.807) is 18.9 Å².